The molecule has 0 amide bonds. The Bertz CT molecular complexity index is 247. The van der Waals surface area contributed by atoms with Crippen LogP contribution in [0.3, 0.4) is 0 Å². The van der Waals surface area contributed by atoms with Crippen molar-refractivity contribution in [2.75, 3.05) is 0 Å². The topological polar surface area (TPSA) is 46.5 Å². The lowest BCUT2D eigenvalue weighted by Crippen LogP contribution is -2.30. The molecule has 2 saturated heterocycles. The molecule has 2 bridgehead atoms. The number of carboxylic acids is 1. The Hall–Kier alpha value is -0.570. The van der Waals surface area contributed by atoms with Crippen LogP contribution in [-0.2, 0) is 9.53 Å². The van der Waals surface area contributed by atoms with Crippen LogP contribution in [0.5, 0.6) is 0 Å². The summed E-state index contributed by atoms with van der Waals surface area (Å²) >= 11 is 0. The van der Waals surface area contributed by atoms with E-state index in [0.717, 1.165) is 19.3 Å². The van der Waals surface area contributed by atoms with Crippen molar-refractivity contribution in [1.29, 1.82) is 0 Å². The van der Waals surface area contributed by atoms with Crippen LogP contribution in [0, 0.1) is 11.3 Å². The molecule has 80 valence electrons. The maximum absolute atomic E-state index is 11.0. The van der Waals surface area contributed by atoms with Crippen LogP contribution in [0.15, 0.2) is 0 Å². The molecule has 0 radical (unpaired) electrons. The molecule has 0 aromatic rings. The normalized spacial score (nSPS) is 36.3. The second kappa shape index (κ2) is 3.23. The number of carboxylic acid groups (broad SMARTS) is 1. The highest BCUT2D eigenvalue weighted by Gasteiger charge is 2.44. The first-order chi connectivity index (χ1) is 6.49. The van der Waals surface area contributed by atoms with E-state index < -0.39 is 11.4 Å². The lowest BCUT2D eigenvalue weighted by Gasteiger charge is -2.26. The summed E-state index contributed by atoms with van der Waals surface area (Å²) in [5.74, 6) is -0.222. The van der Waals surface area contributed by atoms with E-state index >= 15 is 0 Å². The van der Waals surface area contributed by atoms with Gasteiger partial charge in [-0.3, -0.25) is 4.79 Å². The Morgan fingerprint density at radius 2 is 2.21 bits per heavy atom. The predicted octanol–water partition coefficient (Wildman–Crippen LogP) is 2.05. The highest BCUT2D eigenvalue weighted by atomic mass is 16.5. The summed E-state index contributed by atoms with van der Waals surface area (Å²) in [6, 6.07) is 0. The van der Waals surface area contributed by atoms with Crippen LogP contribution in [0.4, 0.5) is 0 Å². The van der Waals surface area contributed by atoms with E-state index in [1.807, 2.05) is 0 Å². The fraction of sp³-hybridized carbons (Fsp3) is 0.909. The van der Waals surface area contributed by atoms with Gasteiger partial charge >= 0.3 is 5.97 Å². The van der Waals surface area contributed by atoms with Crippen LogP contribution in [0.1, 0.15) is 39.5 Å². The van der Waals surface area contributed by atoms with Crippen molar-refractivity contribution >= 4 is 5.97 Å². The van der Waals surface area contributed by atoms with E-state index in [4.69, 9.17) is 9.84 Å². The first-order valence-corrected chi connectivity index (χ1v) is 5.38. The smallest absolute Gasteiger partial charge is 0.309 e. The quantitative estimate of drug-likeness (QED) is 0.755. The van der Waals surface area contributed by atoms with Crippen LogP contribution in [-0.4, -0.2) is 23.3 Å². The zero-order valence-electron chi connectivity index (χ0n) is 8.82. The van der Waals surface area contributed by atoms with E-state index in [2.05, 4.69) is 0 Å². The first-order valence-electron chi connectivity index (χ1n) is 5.38. The number of aliphatic carboxylic acids is 1. The van der Waals surface area contributed by atoms with E-state index in [-0.39, 0.29) is 0 Å². The van der Waals surface area contributed by atoms with Crippen molar-refractivity contribution in [3.8, 4) is 0 Å². The van der Waals surface area contributed by atoms with Gasteiger partial charge in [-0.25, -0.2) is 0 Å². The summed E-state index contributed by atoms with van der Waals surface area (Å²) in [5, 5.41) is 9.03. The number of carbonyl (C=O) groups is 1. The molecule has 0 saturated carbocycles. The molecule has 3 unspecified atom stereocenters. The Labute approximate surface area is 84.4 Å². The van der Waals surface area contributed by atoms with Gasteiger partial charge in [-0.1, -0.05) is 0 Å². The van der Waals surface area contributed by atoms with Crippen molar-refractivity contribution < 1.29 is 14.6 Å². The molecule has 2 heterocycles. The molecule has 2 aliphatic heterocycles. The van der Waals surface area contributed by atoms with Gasteiger partial charge in [-0.05, 0) is 45.4 Å². The molecule has 3 nitrogen and oxygen atoms in total. The van der Waals surface area contributed by atoms with Gasteiger partial charge in [0.1, 0.15) is 0 Å². The summed E-state index contributed by atoms with van der Waals surface area (Å²) in [7, 11) is 0. The van der Waals surface area contributed by atoms with Crippen molar-refractivity contribution in [3.05, 3.63) is 0 Å². The zero-order chi connectivity index (χ0) is 10.3. The van der Waals surface area contributed by atoms with E-state index in [0.29, 0.717) is 18.1 Å². The number of hydrogen-bond acceptors (Lipinski definition) is 2. The molecule has 0 aliphatic carbocycles. The maximum Gasteiger partial charge on any atom is 0.309 e. The molecule has 3 atom stereocenters. The Kier molecular flexibility index (Phi) is 2.30. The Morgan fingerprint density at radius 3 is 2.64 bits per heavy atom. The SMILES string of the molecule is CC(C)(CC1CC2CCC1O2)C(=O)O. The fourth-order valence-electron chi connectivity index (χ4n) is 2.70. The van der Waals surface area contributed by atoms with Gasteiger partial charge in [0.15, 0.2) is 0 Å². The molecule has 2 fully saturated rings. The van der Waals surface area contributed by atoms with Crippen molar-refractivity contribution in [2.24, 2.45) is 11.3 Å². The summed E-state index contributed by atoms with van der Waals surface area (Å²) in [5.41, 5.74) is -0.599. The summed E-state index contributed by atoms with van der Waals surface area (Å²) in [4.78, 5) is 11.0. The summed E-state index contributed by atoms with van der Waals surface area (Å²) < 4.78 is 5.72. The summed E-state index contributed by atoms with van der Waals surface area (Å²) in [6.07, 6.45) is 4.90. The third-order valence-corrected chi connectivity index (χ3v) is 3.58. The lowest BCUT2D eigenvalue weighted by molar-refractivity contribution is -0.148. The minimum Gasteiger partial charge on any atom is -0.481 e. The average Bonchev–Trinajstić information content (AvgIpc) is 2.63. The molecule has 2 aliphatic rings. The monoisotopic (exact) mass is 198 g/mol. The second-order valence-corrected chi connectivity index (χ2v) is 5.26. The van der Waals surface area contributed by atoms with Crippen molar-refractivity contribution in [1.82, 2.24) is 0 Å². The van der Waals surface area contributed by atoms with Gasteiger partial charge in [0.05, 0.1) is 17.6 Å². The predicted molar refractivity (Wildman–Crippen MR) is 52.0 cm³/mol. The average molecular weight is 198 g/mol. The molecule has 0 aromatic carbocycles. The van der Waals surface area contributed by atoms with Crippen LogP contribution >= 0.6 is 0 Å². The fourth-order valence-corrected chi connectivity index (χ4v) is 2.70. The standard InChI is InChI=1S/C11H18O3/c1-11(2,10(12)13)6-7-5-8-3-4-9(7)14-8/h7-9H,3-6H2,1-2H3,(H,12,13). The lowest BCUT2D eigenvalue weighted by atomic mass is 9.76. The Balaban J connectivity index is 1.95. The van der Waals surface area contributed by atoms with Gasteiger partial charge < -0.3 is 9.84 Å². The van der Waals surface area contributed by atoms with Gasteiger partial charge in [-0.2, -0.15) is 0 Å². The van der Waals surface area contributed by atoms with Gasteiger partial charge in [-0.15, -0.1) is 0 Å². The summed E-state index contributed by atoms with van der Waals surface area (Å²) in [6.45, 7) is 3.61. The van der Waals surface area contributed by atoms with Gasteiger partial charge in [0.25, 0.3) is 0 Å². The van der Waals surface area contributed by atoms with Crippen LogP contribution in [0.2, 0.25) is 0 Å². The van der Waals surface area contributed by atoms with Crippen LogP contribution < -0.4 is 0 Å². The van der Waals surface area contributed by atoms with Crippen molar-refractivity contribution in [3.63, 3.8) is 0 Å². The minimum absolute atomic E-state index is 0.346. The minimum atomic E-state index is -0.694. The number of rotatable bonds is 3. The highest BCUT2D eigenvalue weighted by Crippen LogP contribution is 2.43. The van der Waals surface area contributed by atoms with E-state index in [1.165, 1.54) is 6.42 Å². The third-order valence-electron chi connectivity index (χ3n) is 3.58. The molecule has 3 heteroatoms. The number of ether oxygens (including phenoxy) is 1. The van der Waals surface area contributed by atoms with E-state index in [9.17, 15) is 4.79 Å². The maximum atomic E-state index is 11.0. The first kappa shape index (κ1) is 9.97. The molecular formula is C11H18O3. The second-order valence-electron chi connectivity index (χ2n) is 5.26. The highest BCUT2D eigenvalue weighted by molar-refractivity contribution is 5.73. The largest absolute Gasteiger partial charge is 0.481 e. The molecule has 14 heavy (non-hydrogen) atoms. The molecule has 0 spiro atoms. The molecule has 0 aromatic heterocycles. The van der Waals surface area contributed by atoms with Gasteiger partial charge in [0, 0.05) is 0 Å². The van der Waals surface area contributed by atoms with Gasteiger partial charge in [0.2, 0.25) is 0 Å². The van der Waals surface area contributed by atoms with E-state index in [1.54, 1.807) is 13.8 Å². The molecule has 1 N–H and O–H groups in total. The van der Waals surface area contributed by atoms with Crippen LogP contribution in [0.25, 0.3) is 0 Å². The molecule has 2 rings (SSSR count). The number of fused-ring (bicyclic) bond motifs is 2. The molecular weight excluding hydrogens is 180 g/mol. The third kappa shape index (κ3) is 1.65. The number of hydrogen-bond donors (Lipinski definition) is 1. The zero-order valence-corrected chi connectivity index (χ0v) is 8.82. The Morgan fingerprint density at radius 1 is 1.50 bits per heavy atom. The van der Waals surface area contributed by atoms with Crippen molar-refractivity contribution in [2.45, 2.75) is 51.7 Å².